The van der Waals surface area contributed by atoms with Gasteiger partial charge in [0.15, 0.2) is 11.5 Å². The van der Waals surface area contributed by atoms with Gasteiger partial charge in [-0.1, -0.05) is 6.07 Å². The Labute approximate surface area is 121 Å². The molecule has 0 saturated carbocycles. The number of amides is 1. The Bertz CT molecular complexity index is 554. The number of aliphatic carboxylic acids is 1. The molecule has 1 rings (SSSR count). The summed E-state index contributed by atoms with van der Waals surface area (Å²) < 4.78 is 10.1. The smallest absolute Gasteiger partial charge is 0.326 e. The van der Waals surface area contributed by atoms with Crippen LogP contribution in [0.4, 0.5) is 0 Å². The fourth-order valence-corrected chi connectivity index (χ4v) is 1.76. The van der Waals surface area contributed by atoms with Crippen molar-refractivity contribution in [3.63, 3.8) is 0 Å². The highest BCUT2D eigenvalue weighted by Gasteiger charge is 2.19. The van der Waals surface area contributed by atoms with E-state index in [0.29, 0.717) is 11.3 Å². The van der Waals surface area contributed by atoms with E-state index in [1.165, 1.54) is 27.0 Å². The Hall–Kier alpha value is -2.57. The van der Waals surface area contributed by atoms with Gasteiger partial charge in [-0.2, -0.15) is 0 Å². The average molecular weight is 295 g/mol. The van der Waals surface area contributed by atoms with Gasteiger partial charge in [0.2, 0.25) is 5.91 Å². The molecule has 7 heteroatoms. The van der Waals surface area contributed by atoms with Gasteiger partial charge in [-0.05, 0) is 17.7 Å². The molecule has 0 aliphatic heterocycles. The van der Waals surface area contributed by atoms with Crippen molar-refractivity contribution in [1.82, 2.24) is 5.32 Å². The number of carboxylic acids is 1. The van der Waals surface area contributed by atoms with Gasteiger partial charge >= 0.3 is 11.9 Å². The van der Waals surface area contributed by atoms with Gasteiger partial charge in [0.1, 0.15) is 6.04 Å². The number of carboxylic acid groups (broad SMARTS) is 1. The molecule has 1 amide bonds. The van der Waals surface area contributed by atoms with Crippen LogP contribution in [0.1, 0.15) is 19.4 Å². The molecule has 0 saturated heterocycles. The molecule has 0 aliphatic rings. The summed E-state index contributed by atoms with van der Waals surface area (Å²) in [6.07, 6.45) is 0.0889. The zero-order chi connectivity index (χ0) is 16.0. The zero-order valence-electron chi connectivity index (χ0n) is 12.0. The van der Waals surface area contributed by atoms with Crippen LogP contribution in [-0.2, 0) is 20.8 Å². The summed E-state index contributed by atoms with van der Waals surface area (Å²) in [5.41, 5.74) is 0.629. The van der Waals surface area contributed by atoms with Gasteiger partial charge in [0.05, 0.1) is 7.11 Å². The Morgan fingerprint density at radius 3 is 2.38 bits per heavy atom. The zero-order valence-corrected chi connectivity index (χ0v) is 12.0. The van der Waals surface area contributed by atoms with Gasteiger partial charge in [-0.15, -0.1) is 0 Å². The molecule has 0 bridgehead atoms. The first-order valence-corrected chi connectivity index (χ1v) is 6.18. The second-order valence-corrected chi connectivity index (χ2v) is 4.37. The van der Waals surface area contributed by atoms with Crippen molar-refractivity contribution in [2.45, 2.75) is 26.3 Å². The molecule has 1 aromatic rings. The summed E-state index contributed by atoms with van der Waals surface area (Å²) in [5.74, 6) is -1.48. The third kappa shape index (κ3) is 5.13. The predicted octanol–water partition coefficient (Wildman–Crippen LogP) is 0.752. The lowest BCUT2D eigenvalue weighted by Gasteiger charge is -2.15. The van der Waals surface area contributed by atoms with E-state index in [9.17, 15) is 14.4 Å². The van der Waals surface area contributed by atoms with Crippen molar-refractivity contribution in [3.8, 4) is 11.5 Å². The van der Waals surface area contributed by atoms with Gasteiger partial charge in [0.25, 0.3) is 0 Å². The van der Waals surface area contributed by atoms with Gasteiger partial charge in [0, 0.05) is 20.3 Å². The molecule has 2 N–H and O–H groups in total. The van der Waals surface area contributed by atoms with Crippen molar-refractivity contribution >= 4 is 17.8 Å². The number of hydrogen-bond acceptors (Lipinski definition) is 5. The van der Waals surface area contributed by atoms with E-state index < -0.39 is 23.9 Å². The number of benzene rings is 1. The molecule has 0 heterocycles. The maximum absolute atomic E-state index is 11.1. The van der Waals surface area contributed by atoms with Crippen LogP contribution in [0.3, 0.4) is 0 Å². The highest BCUT2D eigenvalue weighted by Crippen LogP contribution is 2.28. The number of carbonyl (C=O) groups excluding carboxylic acids is 2. The van der Waals surface area contributed by atoms with Crippen molar-refractivity contribution in [2.75, 3.05) is 7.11 Å². The highest BCUT2D eigenvalue weighted by molar-refractivity contribution is 5.82. The fraction of sp³-hybridized carbons (Fsp3) is 0.357. The van der Waals surface area contributed by atoms with E-state index in [2.05, 4.69) is 5.32 Å². The summed E-state index contributed by atoms with van der Waals surface area (Å²) in [4.78, 5) is 33.0. The molecular formula is C14H17NO6. The molecule has 0 aromatic heterocycles. The van der Waals surface area contributed by atoms with Crippen LogP contribution in [0.15, 0.2) is 18.2 Å². The number of carbonyl (C=O) groups is 3. The van der Waals surface area contributed by atoms with Gasteiger partial charge < -0.3 is 19.9 Å². The third-order valence-corrected chi connectivity index (χ3v) is 2.60. The Kier molecular flexibility index (Phi) is 5.71. The van der Waals surface area contributed by atoms with Gasteiger partial charge in [-0.3, -0.25) is 9.59 Å². The number of ether oxygens (including phenoxy) is 2. The number of esters is 1. The number of nitrogens with one attached hydrogen (secondary N) is 1. The average Bonchev–Trinajstić information content (AvgIpc) is 2.38. The molecular weight excluding hydrogens is 278 g/mol. The molecule has 7 nitrogen and oxygen atoms in total. The minimum absolute atomic E-state index is 0.0889. The summed E-state index contributed by atoms with van der Waals surface area (Å²) in [5, 5.41) is 11.4. The quantitative estimate of drug-likeness (QED) is 0.593. The summed E-state index contributed by atoms with van der Waals surface area (Å²) >= 11 is 0. The maximum atomic E-state index is 11.1. The Morgan fingerprint density at radius 2 is 1.90 bits per heavy atom. The summed E-state index contributed by atoms with van der Waals surface area (Å²) in [7, 11) is 1.41. The SMILES string of the molecule is COc1cc(CC(NC(C)=O)C(=O)O)ccc1OC(C)=O. The lowest BCUT2D eigenvalue weighted by Crippen LogP contribution is -2.41. The molecule has 0 aliphatic carbocycles. The normalized spacial score (nSPS) is 11.4. The molecule has 0 fully saturated rings. The molecule has 1 aromatic carbocycles. The number of hydrogen-bond donors (Lipinski definition) is 2. The van der Waals surface area contributed by atoms with Crippen molar-refractivity contribution in [1.29, 1.82) is 0 Å². The molecule has 0 radical (unpaired) electrons. The summed E-state index contributed by atoms with van der Waals surface area (Å²) in [6.45, 7) is 2.52. The van der Waals surface area contributed by atoms with Gasteiger partial charge in [-0.25, -0.2) is 4.79 Å². The van der Waals surface area contributed by atoms with E-state index in [0.717, 1.165) is 0 Å². The molecule has 114 valence electrons. The molecule has 1 unspecified atom stereocenters. The first kappa shape index (κ1) is 16.5. The van der Waals surface area contributed by atoms with Crippen LogP contribution in [0, 0.1) is 0 Å². The lowest BCUT2D eigenvalue weighted by atomic mass is 10.1. The van der Waals surface area contributed by atoms with Crippen LogP contribution < -0.4 is 14.8 Å². The Balaban J connectivity index is 2.95. The van der Waals surface area contributed by atoms with Crippen LogP contribution in [0.2, 0.25) is 0 Å². The van der Waals surface area contributed by atoms with Crippen molar-refractivity contribution in [2.24, 2.45) is 0 Å². The topological polar surface area (TPSA) is 102 Å². The van der Waals surface area contributed by atoms with Crippen LogP contribution >= 0.6 is 0 Å². The predicted molar refractivity (Wildman–Crippen MR) is 73.2 cm³/mol. The summed E-state index contributed by atoms with van der Waals surface area (Å²) in [6, 6.07) is 3.66. The van der Waals surface area contributed by atoms with Crippen LogP contribution in [0.5, 0.6) is 11.5 Å². The first-order chi connectivity index (χ1) is 9.83. The second kappa shape index (κ2) is 7.28. The largest absolute Gasteiger partial charge is 0.493 e. The van der Waals surface area contributed by atoms with Crippen molar-refractivity contribution in [3.05, 3.63) is 23.8 Å². The van der Waals surface area contributed by atoms with Crippen molar-refractivity contribution < 1.29 is 29.0 Å². The van der Waals surface area contributed by atoms with E-state index >= 15 is 0 Å². The Morgan fingerprint density at radius 1 is 1.24 bits per heavy atom. The second-order valence-electron chi connectivity index (χ2n) is 4.37. The van der Waals surface area contributed by atoms with E-state index in [-0.39, 0.29) is 12.2 Å². The molecule has 0 spiro atoms. The number of methoxy groups -OCH3 is 1. The highest BCUT2D eigenvalue weighted by atomic mass is 16.6. The minimum Gasteiger partial charge on any atom is -0.493 e. The minimum atomic E-state index is -1.13. The first-order valence-electron chi connectivity index (χ1n) is 6.18. The van der Waals surface area contributed by atoms with E-state index in [1.54, 1.807) is 12.1 Å². The molecule has 21 heavy (non-hydrogen) atoms. The monoisotopic (exact) mass is 295 g/mol. The molecule has 1 atom stereocenters. The van der Waals surface area contributed by atoms with E-state index in [1.807, 2.05) is 0 Å². The van der Waals surface area contributed by atoms with Crippen LogP contribution in [-0.4, -0.2) is 36.1 Å². The number of rotatable bonds is 6. The third-order valence-electron chi connectivity index (χ3n) is 2.60. The maximum Gasteiger partial charge on any atom is 0.326 e. The van der Waals surface area contributed by atoms with Crippen LogP contribution in [0.25, 0.3) is 0 Å². The standard InChI is InChI=1S/C14H17NO6/c1-8(16)15-11(14(18)19)6-10-4-5-12(21-9(2)17)13(7-10)20-3/h4-5,7,11H,6H2,1-3H3,(H,15,16)(H,18,19). The lowest BCUT2D eigenvalue weighted by molar-refractivity contribution is -0.141. The fourth-order valence-electron chi connectivity index (χ4n) is 1.76. The van der Waals surface area contributed by atoms with E-state index in [4.69, 9.17) is 14.6 Å².